The molecule has 2 aromatic rings. The van der Waals surface area contributed by atoms with Crippen molar-refractivity contribution in [3.05, 3.63) is 70.1 Å². The second-order valence-corrected chi connectivity index (χ2v) is 6.09. The average Bonchev–Trinajstić information content (AvgIpc) is 3.10. The average molecular weight is 323 g/mol. The Hall–Kier alpha value is -2.89. The van der Waals surface area contributed by atoms with E-state index in [1.165, 1.54) is 6.07 Å². The van der Waals surface area contributed by atoms with Crippen LogP contribution in [-0.2, 0) is 0 Å². The van der Waals surface area contributed by atoms with Crippen LogP contribution in [0.5, 0.6) is 5.75 Å². The second-order valence-electron chi connectivity index (χ2n) is 6.09. The van der Waals surface area contributed by atoms with Gasteiger partial charge in [-0.15, -0.1) is 0 Å². The number of anilines is 1. The molecule has 0 fully saturated rings. The van der Waals surface area contributed by atoms with E-state index in [0.717, 1.165) is 23.2 Å². The molecule has 1 N–H and O–H groups in total. The van der Waals surface area contributed by atoms with Crippen LogP contribution in [0.3, 0.4) is 0 Å². The van der Waals surface area contributed by atoms with E-state index >= 15 is 0 Å². The maximum absolute atomic E-state index is 11.5. The fraction of sp³-hybridized carbons (Fsp3) is 0.278. The van der Waals surface area contributed by atoms with E-state index in [0.29, 0.717) is 5.75 Å². The Kier molecular flexibility index (Phi) is 3.45. The maximum Gasteiger partial charge on any atom is 0.275 e. The molecule has 1 aliphatic heterocycles. The second kappa shape index (κ2) is 5.63. The molecule has 2 aliphatic rings. The van der Waals surface area contributed by atoms with Crippen molar-refractivity contribution in [2.45, 2.75) is 18.4 Å². The number of nitro benzene ring substituents is 1. The van der Waals surface area contributed by atoms with Crippen LogP contribution in [0.25, 0.3) is 0 Å². The van der Waals surface area contributed by atoms with Crippen LogP contribution in [0, 0.1) is 16.0 Å². The molecule has 0 radical (unpaired) electrons. The van der Waals surface area contributed by atoms with E-state index < -0.39 is 0 Å². The van der Waals surface area contributed by atoms with Crippen molar-refractivity contribution in [3.63, 3.8) is 0 Å². The summed E-state index contributed by atoms with van der Waals surface area (Å²) in [5, 5.41) is 15.0. The van der Waals surface area contributed by atoms with Gasteiger partial charge in [0.2, 0.25) is 0 Å². The lowest BCUT2D eigenvalue weighted by Gasteiger charge is -2.37. The number of benzene rings is 1. The zero-order valence-electron chi connectivity index (χ0n) is 13.2. The van der Waals surface area contributed by atoms with Gasteiger partial charge >= 0.3 is 0 Å². The number of hydrogen-bond acceptors (Lipinski definition) is 5. The number of nitrogens with one attached hydrogen (secondary N) is 1. The van der Waals surface area contributed by atoms with Crippen LogP contribution in [-0.4, -0.2) is 17.0 Å². The molecule has 0 amide bonds. The number of methoxy groups -OCH3 is 1. The number of hydrogen-bond donors (Lipinski definition) is 1. The van der Waals surface area contributed by atoms with Crippen LogP contribution in [0.1, 0.15) is 29.5 Å². The smallest absolute Gasteiger partial charge is 0.275 e. The molecule has 3 unspecified atom stereocenters. The molecule has 0 spiro atoms. The first-order valence-electron chi connectivity index (χ1n) is 7.89. The minimum atomic E-state index is -0.310. The lowest BCUT2D eigenvalue weighted by Crippen LogP contribution is -2.30. The number of pyridine rings is 1. The van der Waals surface area contributed by atoms with Crippen LogP contribution in [0.15, 0.2) is 48.8 Å². The highest BCUT2D eigenvalue weighted by atomic mass is 16.6. The number of allylic oxidation sites excluding steroid dienone is 2. The summed E-state index contributed by atoms with van der Waals surface area (Å²) in [7, 11) is 1.58. The van der Waals surface area contributed by atoms with Gasteiger partial charge in [0, 0.05) is 24.4 Å². The number of nitrogens with zero attached hydrogens (tertiary/aromatic N) is 2. The third-order valence-corrected chi connectivity index (χ3v) is 4.94. The van der Waals surface area contributed by atoms with Crippen LogP contribution < -0.4 is 10.1 Å². The van der Waals surface area contributed by atoms with Gasteiger partial charge in [0.1, 0.15) is 5.75 Å². The third kappa shape index (κ3) is 2.14. The third-order valence-electron chi connectivity index (χ3n) is 4.94. The SMILES string of the molecule is COc1ccc([N+](=O)[O-])c2c1NC(c1ccncc1)C1CC=CC21. The van der Waals surface area contributed by atoms with Gasteiger partial charge in [-0.25, -0.2) is 0 Å². The molecule has 4 rings (SSSR count). The van der Waals surface area contributed by atoms with E-state index in [4.69, 9.17) is 4.74 Å². The summed E-state index contributed by atoms with van der Waals surface area (Å²) in [6.07, 6.45) is 8.64. The Morgan fingerprint density at radius 3 is 2.79 bits per heavy atom. The van der Waals surface area contributed by atoms with Gasteiger partial charge in [-0.05, 0) is 36.1 Å². The molecule has 1 aromatic heterocycles. The van der Waals surface area contributed by atoms with Crippen molar-refractivity contribution in [1.29, 1.82) is 0 Å². The quantitative estimate of drug-likeness (QED) is 0.528. The Labute approximate surface area is 139 Å². The minimum Gasteiger partial charge on any atom is -0.495 e. The Bertz CT molecular complexity index is 820. The summed E-state index contributed by atoms with van der Waals surface area (Å²) in [6.45, 7) is 0. The van der Waals surface area contributed by atoms with Crippen molar-refractivity contribution in [3.8, 4) is 5.75 Å². The lowest BCUT2D eigenvalue weighted by molar-refractivity contribution is -0.385. The van der Waals surface area contributed by atoms with E-state index in [1.807, 2.05) is 12.1 Å². The molecule has 122 valence electrons. The molecule has 0 saturated heterocycles. The molecule has 1 aliphatic carbocycles. The molecule has 6 heteroatoms. The van der Waals surface area contributed by atoms with Gasteiger partial charge in [0.15, 0.2) is 0 Å². The molecular formula is C18H17N3O3. The zero-order chi connectivity index (χ0) is 16.7. The first kappa shape index (κ1) is 14.7. The fourth-order valence-corrected chi connectivity index (χ4v) is 3.89. The number of ether oxygens (including phenoxy) is 1. The predicted molar refractivity (Wildman–Crippen MR) is 90.2 cm³/mol. The maximum atomic E-state index is 11.5. The first-order valence-corrected chi connectivity index (χ1v) is 7.89. The van der Waals surface area contributed by atoms with Crippen LogP contribution in [0.2, 0.25) is 0 Å². The number of rotatable bonds is 3. The highest BCUT2D eigenvalue weighted by molar-refractivity contribution is 5.73. The molecule has 24 heavy (non-hydrogen) atoms. The number of nitro groups is 1. The highest BCUT2D eigenvalue weighted by Gasteiger charge is 2.42. The lowest BCUT2D eigenvalue weighted by atomic mass is 9.76. The van der Waals surface area contributed by atoms with Crippen LogP contribution in [0.4, 0.5) is 11.4 Å². The van der Waals surface area contributed by atoms with E-state index in [2.05, 4.69) is 22.5 Å². The highest BCUT2D eigenvalue weighted by Crippen LogP contribution is 2.54. The van der Waals surface area contributed by atoms with Crippen molar-refractivity contribution in [2.24, 2.45) is 5.92 Å². The standard InChI is InChI=1S/C18H17N3O3/c1-24-15-6-5-14(21(22)23)16-12-3-2-4-13(12)17(20-18(15)16)11-7-9-19-10-8-11/h2-3,5-10,12-13,17,20H,4H2,1H3. The molecule has 3 atom stereocenters. The van der Waals surface area contributed by atoms with E-state index in [-0.39, 0.29) is 28.5 Å². The molecule has 2 heterocycles. The number of aromatic nitrogens is 1. The Balaban J connectivity index is 1.90. The summed E-state index contributed by atoms with van der Waals surface area (Å²) < 4.78 is 5.46. The van der Waals surface area contributed by atoms with Gasteiger partial charge in [-0.3, -0.25) is 15.1 Å². The Morgan fingerprint density at radius 1 is 1.29 bits per heavy atom. The van der Waals surface area contributed by atoms with Crippen molar-refractivity contribution in [2.75, 3.05) is 12.4 Å². The molecular weight excluding hydrogens is 306 g/mol. The summed E-state index contributed by atoms with van der Waals surface area (Å²) in [5.74, 6) is 0.883. The summed E-state index contributed by atoms with van der Waals surface area (Å²) in [4.78, 5) is 15.3. The van der Waals surface area contributed by atoms with Gasteiger partial charge in [0.05, 0.1) is 29.3 Å². The zero-order valence-corrected chi connectivity index (χ0v) is 13.2. The van der Waals surface area contributed by atoms with E-state index in [1.54, 1.807) is 25.6 Å². The van der Waals surface area contributed by atoms with Crippen molar-refractivity contribution in [1.82, 2.24) is 4.98 Å². The molecule has 0 bridgehead atoms. The minimum absolute atomic E-state index is 0.00918. The van der Waals surface area contributed by atoms with Gasteiger partial charge < -0.3 is 10.1 Å². The van der Waals surface area contributed by atoms with Gasteiger partial charge in [0.25, 0.3) is 5.69 Å². The van der Waals surface area contributed by atoms with Crippen LogP contribution >= 0.6 is 0 Å². The molecule has 1 aromatic carbocycles. The molecule has 6 nitrogen and oxygen atoms in total. The molecule has 0 saturated carbocycles. The van der Waals surface area contributed by atoms with E-state index in [9.17, 15) is 10.1 Å². The summed E-state index contributed by atoms with van der Waals surface area (Å²) in [6, 6.07) is 7.24. The van der Waals surface area contributed by atoms with Crippen molar-refractivity contribution >= 4 is 11.4 Å². The largest absolute Gasteiger partial charge is 0.495 e. The normalized spacial score (nSPS) is 24.0. The first-order chi connectivity index (χ1) is 11.7. The van der Waals surface area contributed by atoms with Gasteiger partial charge in [-0.1, -0.05) is 12.2 Å². The van der Waals surface area contributed by atoms with Gasteiger partial charge in [-0.2, -0.15) is 0 Å². The monoisotopic (exact) mass is 323 g/mol. The summed E-state index contributed by atoms with van der Waals surface area (Å²) in [5.41, 5.74) is 2.72. The summed E-state index contributed by atoms with van der Waals surface area (Å²) >= 11 is 0. The number of fused-ring (bicyclic) bond motifs is 3. The predicted octanol–water partition coefficient (Wildman–Crippen LogP) is 3.82. The van der Waals surface area contributed by atoms with Crippen molar-refractivity contribution < 1.29 is 9.66 Å². The topological polar surface area (TPSA) is 77.3 Å². The Morgan fingerprint density at radius 2 is 2.08 bits per heavy atom. The fourth-order valence-electron chi connectivity index (χ4n) is 3.89.